The molecule has 3 N–H and O–H groups in total. The van der Waals surface area contributed by atoms with E-state index in [1.54, 1.807) is 13.0 Å². The van der Waals surface area contributed by atoms with Gasteiger partial charge in [0.2, 0.25) is 11.8 Å². The molecule has 27 heavy (non-hydrogen) atoms. The molecule has 0 radical (unpaired) electrons. The highest BCUT2D eigenvalue weighted by atomic mass is 16.5. The monoisotopic (exact) mass is 369 g/mol. The smallest absolute Gasteiger partial charge is 0.243 e. The maximum absolute atomic E-state index is 12.3. The molecule has 0 unspecified atom stereocenters. The van der Waals surface area contributed by atoms with E-state index in [1.807, 2.05) is 57.2 Å². The first-order valence-corrected chi connectivity index (χ1v) is 9.09. The summed E-state index contributed by atoms with van der Waals surface area (Å²) in [6.07, 6.45) is 0.433. The summed E-state index contributed by atoms with van der Waals surface area (Å²) in [6.45, 7) is 7.70. The Kier molecular flexibility index (Phi) is 7.23. The van der Waals surface area contributed by atoms with Crippen LogP contribution in [0.4, 0.5) is 17.1 Å². The molecule has 0 fully saturated rings. The Hall–Kier alpha value is -3.02. The van der Waals surface area contributed by atoms with Crippen molar-refractivity contribution in [3.8, 4) is 5.75 Å². The standard InChI is InChI=1S/C21H27N3O3/c1-5-20(25)24-18-12-16(11-10-15(18)4)22-13-21(26)23-17-8-6-7-9-19(17)27-14(2)3/h6-12,14,22H,5,13H2,1-4H3,(H,23,26)(H,24,25). The third-order valence-corrected chi connectivity index (χ3v) is 3.81. The van der Waals surface area contributed by atoms with Crippen LogP contribution in [0.2, 0.25) is 0 Å². The Morgan fingerprint density at radius 2 is 1.70 bits per heavy atom. The second-order valence-corrected chi connectivity index (χ2v) is 6.50. The molecular formula is C21H27N3O3. The molecule has 0 aliphatic carbocycles. The molecule has 2 amide bonds. The third kappa shape index (κ3) is 6.33. The van der Waals surface area contributed by atoms with Crippen molar-refractivity contribution in [2.45, 2.75) is 40.2 Å². The summed E-state index contributed by atoms with van der Waals surface area (Å²) >= 11 is 0. The van der Waals surface area contributed by atoms with Crippen LogP contribution >= 0.6 is 0 Å². The second-order valence-electron chi connectivity index (χ2n) is 6.50. The van der Waals surface area contributed by atoms with Crippen molar-refractivity contribution in [3.05, 3.63) is 48.0 Å². The summed E-state index contributed by atoms with van der Waals surface area (Å²) in [5, 5.41) is 8.79. The number of ether oxygens (including phenoxy) is 1. The van der Waals surface area contributed by atoms with Gasteiger partial charge in [-0.1, -0.05) is 25.1 Å². The van der Waals surface area contributed by atoms with Crippen LogP contribution in [0.15, 0.2) is 42.5 Å². The van der Waals surface area contributed by atoms with Gasteiger partial charge in [-0.2, -0.15) is 0 Å². The van der Waals surface area contributed by atoms with E-state index in [1.165, 1.54) is 0 Å². The summed E-state index contributed by atoms with van der Waals surface area (Å²) in [5.41, 5.74) is 3.10. The molecule has 0 aliphatic rings. The largest absolute Gasteiger partial charge is 0.489 e. The van der Waals surface area contributed by atoms with Crippen molar-refractivity contribution in [2.75, 3.05) is 22.5 Å². The summed E-state index contributed by atoms with van der Waals surface area (Å²) in [4.78, 5) is 23.9. The molecule has 0 aromatic heterocycles. The Morgan fingerprint density at radius 1 is 1.00 bits per heavy atom. The number of hydrogen-bond acceptors (Lipinski definition) is 4. The summed E-state index contributed by atoms with van der Waals surface area (Å²) < 4.78 is 5.71. The van der Waals surface area contributed by atoms with Crippen molar-refractivity contribution in [3.63, 3.8) is 0 Å². The van der Waals surface area contributed by atoms with Crippen LogP contribution < -0.4 is 20.7 Å². The zero-order chi connectivity index (χ0) is 19.8. The van der Waals surface area contributed by atoms with Crippen molar-refractivity contribution < 1.29 is 14.3 Å². The van der Waals surface area contributed by atoms with Crippen molar-refractivity contribution in [1.29, 1.82) is 0 Å². The van der Waals surface area contributed by atoms with Crippen molar-refractivity contribution in [1.82, 2.24) is 0 Å². The predicted molar refractivity (Wildman–Crippen MR) is 109 cm³/mol. The second kappa shape index (κ2) is 9.62. The number of carbonyl (C=O) groups excluding carboxylic acids is 2. The first-order chi connectivity index (χ1) is 12.9. The fourth-order valence-electron chi connectivity index (χ4n) is 2.41. The van der Waals surface area contributed by atoms with Gasteiger partial charge in [0.05, 0.1) is 18.3 Å². The lowest BCUT2D eigenvalue weighted by Gasteiger charge is -2.15. The van der Waals surface area contributed by atoms with Gasteiger partial charge in [-0.25, -0.2) is 0 Å². The first kappa shape index (κ1) is 20.3. The fourth-order valence-corrected chi connectivity index (χ4v) is 2.41. The zero-order valence-corrected chi connectivity index (χ0v) is 16.3. The highest BCUT2D eigenvalue weighted by molar-refractivity contribution is 5.95. The van der Waals surface area contributed by atoms with Gasteiger partial charge in [-0.3, -0.25) is 9.59 Å². The van der Waals surface area contributed by atoms with E-state index in [-0.39, 0.29) is 24.5 Å². The number of nitrogens with one attached hydrogen (secondary N) is 3. The Balaban J connectivity index is 1.98. The summed E-state index contributed by atoms with van der Waals surface area (Å²) in [5.74, 6) is 0.407. The SMILES string of the molecule is CCC(=O)Nc1cc(NCC(=O)Nc2ccccc2OC(C)C)ccc1C. The Labute approximate surface area is 160 Å². The van der Waals surface area contributed by atoms with Gasteiger partial charge in [0.25, 0.3) is 0 Å². The van der Waals surface area contributed by atoms with Crippen LogP contribution in [0.1, 0.15) is 32.8 Å². The zero-order valence-electron chi connectivity index (χ0n) is 16.3. The minimum atomic E-state index is -0.186. The van der Waals surface area contributed by atoms with E-state index in [4.69, 9.17) is 4.74 Å². The van der Waals surface area contributed by atoms with E-state index in [2.05, 4.69) is 16.0 Å². The Morgan fingerprint density at radius 3 is 2.41 bits per heavy atom. The van der Waals surface area contributed by atoms with Crippen LogP contribution in [0.3, 0.4) is 0 Å². The average molecular weight is 369 g/mol. The van der Waals surface area contributed by atoms with Crippen LogP contribution in [0.25, 0.3) is 0 Å². The molecule has 0 saturated heterocycles. The minimum Gasteiger partial charge on any atom is -0.489 e. The number of benzene rings is 2. The van der Waals surface area contributed by atoms with Gasteiger partial charge < -0.3 is 20.7 Å². The van der Waals surface area contributed by atoms with Gasteiger partial charge in [-0.15, -0.1) is 0 Å². The maximum atomic E-state index is 12.3. The van der Waals surface area contributed by atoms with Gasteiger partial charge in [0, 0.05) is 17.8 Å². The van der Waals surface area contributed by atoms with Crippen LogP contribution in [-0.2, 0) is 9.59 Å². The normalized spacial score (nSPS) is 10.4. The molecular weight excluding hydrogens is 342 g/mol. The van der Waals surface area contributed by atoms with E-state index in [0.29, 0.717) is 17.9 Å². The summed E-state index contributed by atoms with van der Waals surface area (Å²) in [7, 11) is 0. The lowest BCUT2D eigenvalue weighted by atomic mass is 10.1. The maximum Gasteiger partial charge on any atom is 0.243 e. The van der Waals surface area contributed by atoms with Gasteiger partial charge in [0.1, 0.15) is 5.75 Å². The number of amides is 2. The summed E-state index contributed by atoms with van der Waals surface area (Å²) in [6, 6.07) is 12.9. The van der Waals surface area contributed by atoms with Gasteiger partial charge >= 0.3 is 0 Å². The molecule has 144 valence electrons. The third-order valence-electron chi connectivity index (χ3n) is 3.81. The van der Waals surface area contributed by atoms with E-state index in [0.717, 1.165) is 16.9 Å². The molecule has 0 bridgehead atoms. The van der Waals surface area contributed by atoms with E-state index >= 15 is 0 Å². The van der Waals surface area contributed by atoms with E-state index in [9.17, 15) is 9.59 Å². The van der Waals surface area contributed by atoms with Gasteiger partial charge in [0.15, 0.2) is 0 Å². The lowest BCUT2D eigenvalue weighted by molar-refractivity contribution is -0.116. The molecule has 0 heterocycles. The molecule has 0 spiro atoms. The lowest BCUT2D eigenvalue weighted by Crippen LogP contribution is -2.22. The molecule has 0 aliphatic heterocycles. The molecule has 2 aromatic carbocycles. The fraction of sp³-hybridized carbons (Fsp3) is 0.333. The molecule has 0 saturated carbocycles. The number of carbonyl (C=O) groups is 2. The van der Waals surface area contributed by atoms with Crippen LogP contribution in [-0.4, -0.2) is 24.5 Å². The van der Waals surface area contributed by atoms with Crippen LogP contribution in [0.5, 0.6) is 5.75 Å². The number of rotatable bonds is 8. The first-order valence-electron chi connectivity index (χ1n) is 9.09. The molecule has 6 heteroatoms. The van der Waals surface area contributed by atoms with Crippen molar-refractivity contribution >= 4 is 28.9 Å². The van der Waals surface area contributed by atoms with Crippen molar-refractivity contribution in [2.24, 2.45) is 0 Å². The number of hydrogen-bond donors (Lipinski definition) is 3. The number of anilines is 3. The number of para-hydroxylation sites is 2. The molecule has 2 aromatic rings. The highest BCUT2D eigenvalue weighted by Crippen LogP contribution is 2.25. The number of aryl methyl sites for hydroxylation is 1. The topological polar surface area (TPSA) is 79.5 Å². The van der Waals surface area contributed by atoms with E-state index < -0.39 is 0 Å². The predicted octanol–water partition coefficient (Wildman–Crippen LogP) is 4.18. The molecule has 0 atom stereocenters. The Bertz CT molecular complexity index is 803. The quantitative estimate of drug-likeness (QED) is 0.652. The van der Waals surface area contributed by atoms with Gasteiger partial charge in [-0.05, 0) is 50.6 Å². The average Bonchev–Trinajstić information content (AvgIpc) is 2.63. The highest BCUT2D eigenvalue weighted by Gasteiger charge is 2.09. The molecule has 2 rings (SSSR count). The van der Waals surface area contributed by atoms with Crippen LogP contribution in [0, 0.1) is 6.92 Å². The minimum absolute atomic E-state index is 0.0190. The molecule has 6 nitrogen and oxygen atoms in total.